The van der Waals surface area contributed by atoms with E-state index in [2.05, 4.69) is 107 Å². The van der Waals surface area contributed by atoms with Crippen LogP contribution < -0.4 is 0 Å². The van der Waals surface area contributed by atoms with E-state index in [-0.39, 0.29) is 31.5 Å². The van der Waals surface area contributed by atoms with Gasteiger partial charge in [0.05, 0.1) is 28.1 Å². The van der Waals surface area contributed by atoms with E-state index >= 15 is 0 Å². The van der Waals surface area contributed by atoms with E-state index in [1.165, 1.54) is 41.2 Å². The van der Waals surface area contributed by atoms with Crippen LogP contribution in [-0.4, -0.2) is 19.5 Å². The van der Waals surface area contributed by atoms with Crippen LogP contribution in [0, 0.1) is 45.6 Å². The number of fused-ring (bicyclic) bond motifs is 4. The molecule has 52 heavy (non-hydrogen) atoms. The summed E-state index contributed by atoms with van der Waals surface area (Å²) in [6.45, 7) is 13.2. The Kier molecular flexibility index (Phi) is 9.46. The largest absolute Gasteiger partial charge is 0.501 e. The molecule has 0 saturated carbocycles. The normalized spacial score (nSPS) is 12.5. The number of rotatable bonds is 5. The first-order valence-corrected chi connectivity index (χ1v) is 17.2. The number of benzene rings is 4. The van der Waals surface area contributed by atoms with Crippen LogP contribution >= 0.6 is 0 Å². The predicted octanol–water partition coefficient (Wildman–Crippen LogP) is 12.0. The molecule has 0 N–H and O–H groups in total. The molecule has 0 saturated heterocycles. The number of imidazole rings is 1. The van der Waals surface area contributed by atoms with Crippen molar-refractivity contribution in [2.24, 2.45) is 0 Å². The smallest absolute Gasteiger partial charge is 0.120 e. The first-order valence-electron chi connectivity index (χ1n) is 18.7. The Morgan fingerprint density at radius 1 is 0.808 bits per heavy atom. The molecular formula is C45H41FIrN4O-2. The Balaban J connectivity index is 0.000000241. The number of furan rings is 1. The monoisotopic (exact) mass is 868 g/mol. The molecule has 1 radical (unpaired) electrons. The van der Waals surface area contributed by atoms with Gasteiger partial charge in [0.15, 0.2) is 0 Å². The molecule has 0 bridgehead atoms. The van der Waals surface area contributed by atoms with Gasteiger partial charge < -0.3 is 14.0 Å². The number of aromatic nitrogens is 4. The number of pyridine rings is 2. The summed E-state index contributed by atoms with van der Waals surface area (Å²) in [6, 6.07) is 32.4. The Labute approximate surface area is 322 Å². The van der Waals surface area contributed by atoms with Gasteiger partial charge in [-0.05, 0) is 73.5 Å². The van der Waals surface area contributed by atoms with E-state index in [9.17, 15) is 4.39 Å². The Morgan fingerprint density at radius 2 is 1.56 bits per heavy atom. The summed E-state index contributed by atoms with van der Waals surface area (Å²) in [5.74, 6) is 1.15. The summed E-state index contributed by atoms with van der Waals surface area (Å²) in [5, 5.41) is 2.18. The van der Waals surface area contributed by atoms with Crippen LogP contribution in [-0.2, 0) is 20.1 Å². The fourth-order valence-corrected chi connectivity index (χ4v) is 6.71. The fraction of sp³-hybridized carbons (Fsp3) is 0.222. The van der Waals surface area contributed by atoms with E-state index < -0.39 is 6.85 Å². The summed E-state index contributed by atoms with van der Waals surface area (Å²) in [6.07, 6.45) is 1.31. The zero-order valence-electron chi connectivity index (χ0n) is 33.2. The number of aryl methyl sites for hydroxylation is 4. The summed E-state index contributed by atoms with van der Waals surface area (Å²) >= 11 is 0. The topological polar surface area (TPSA) is 56.7 Å². The van der Waals surface area contributed by atoms with Gasteiger partial charge in [0, 0.05) is 53.0 Å². The molecule has 265 valence electrons. The predicted molar refractivity (Wildman–Crippen MR) is 206 cm³/mol. The van der Waals surface area contributed by atoms with Crippen molar-refractivity contribution in [1.29, 1.82) is 0 Å². The first-order chi connectivity index (χ1) is 25.7. The fourth-order valence-electron chi connectivity index (χ4n) is 6.71. The van der Waals surface area contributed by atoms with Crippen molar-refractivity contribution in [3.8, 4) is 28.3 Å². The van der Waals surface area contributed by atoms with Crippen molar-refractivity contribution in [2.75, 3.05) is 0 Å². The van der Waals surface area contributed by atoms with Crippen molar-refractivity contribution in [1.82, 2.24) is 19.5 Å². The van der Waals surface area contributed by atoms with E-state index in [1.807, 2.05) is 18.2 Å². The van der Waals surface area contributed by atoms with Gasteiger partial charge in [-0.1, -0.05) is 87.2 Å². The van der Waals surface area contributed by atoms with Gasteiger partial charge in [-0.25, -0.2) is 0 Å². The van der Waals surface area contributed by atoms with Gasteiger partial charge in [-0.2, -0.15) is 0 Å². The SMILES string of the molecule is Cc1nc(C)c2c(nc(-c3[c-]ccc4c3oc3ccccc34)n2-c2c(C(C)C)cccc2C(C)C)c1C.[2H]C([2H])([2H])c1ccc(-c2[c-]cc(F)cc2)nc1.[Ir]. The molecule has 0 aliphatic carbocycles. The van der Waals surface area contributed by atoms with E-state index in [4.69, 9.17) is 18.5 Å². The zero-order valence-corrected chi connectivity index (χ0v) is 32.6. The van der Waals surface area contributed by atoms with Gasteiger partial charge in [-0.3, -0.25) is 14.4 Å². The Morgan fingerprint density at radius 3 is 2.21 bits per heavy atom. The second kappa shape index (κ2) is 14.9. The molecular weight excluding hydrogens is 824 g/mol. The Hall–Kier alpha value is -4.97. The average Bonchev–Trinajstić information content (AvgIpc) is 3.74. The van der Waals surface area contributed by atoms with Crippen molar-refractivity contribution in [3.05, 3.63) is 143 Å². The number of hydrogen-bond acceptors (Lipinski definition) is 4. The molecule has 7 heteroatoms. The molecule has 4 aromatic carbocycles. The molecule has 0 atom stereocenters. The maximum atomic E-state index is 12.7. The standard InChI is InChI=1S/C33H32N3O.C12H9FN.Ir/c1-18(2)23-13-10-14-24(19(3)4)31(23)36-30-22(7)34-21(6)20(5)29(30)35-33(36)27-16-11-15-26-25-12-8-9-17-28(25)37-32(26)27;1-9-2-7-12(14-8-9)10-3-5-11(13)6-4-10;/h8-15,17-19H,1-7H3;2-3,5-8H,1H3;/q2*-1;/i;1D3;. The van der Waals surface area contributed by atoms with E-state index in [0.717, 1.165) is 61.3 Å². The summed E-state index contributed by atoms with van der Waals surface area (Å²) in [7, 11) is 0. The molecule has 4 heterocycles. The maximum absolute atomic E-state index is 12.7. The second-order valence-electron chi connectivity index (χ2n) is 13.5. The van der Waals surface area contributed by atoms with Gasteiger partial charge in [-0.15, -0.1) is 48.0 Å². The molecule has 0 fully saturated rings. The Bertz CT molecular complexity index is 2620. The molecule has 0 spiro atoms. The molecule has 4 aromatic heterocycles. The zero-order chi connectivity index (χ0) is 38.5. The molecule has 0 aliphatic rings. The third kappa shape index (κ3) is 6.71. The number of nitrogens with zero attached hydrogens (tertiary/aromatic N) is 4. The van der Waals surface area contributed by atoms with Gasteiger partial charge in [0.25, 0.3) is 0 Å². The molecule has 8 rings (SSSR count). The van der Waals surface area contributed by atoms with E-state index in [0.29, 0.717) is 23.1 Å². The molecule has 0 amide bonds. The van der Waals surface area contributed by atoms with Gasteiger partial charge in [0.1, 0.15) is 5.58 Å². The summed E-state index contributed by atoms with van der Waals surface area (Å²) in [5.41, 5.74) is 12.8. The minimum absolute atomic E-state index is 0. The van der Waals surface area contributed by atoms with Crippen LogP contribution in [0.15, 0.2) is 95.5 Å². The molecule has 0 aliphatic heterocycles. The van der Waals surface area contributed by atoms with Crippen molar-refractivity contribution in [3.63, 3.8) is 0 Å². The summed E-state index contributed by atoms with van der Waals surface area (Å²) in [4.78, 5) is 14.3. The van der Waals surface area contributed by atoms with Crippen molar-refractivity contribution < 1.29 is 33.0 Å². The minimum atomic E-state index is -2.15. The van der Waals surface area contributed by atoms with Crippen LogP contribution in [0.3, 0.4) is 0 Å². The first kappa shape index (κ1) is 32.9. The number of para-hydroxylation sites is 2. The molecule has 0 unspecified atom stereocenters. The third-order valence-electron chi connectivity index (χ3n) is 9.40. The quantitative estimate of drug-likeness (QED) is 0.162. The van der Waals surface area contributed by atoms with Crippen molar-refractivity contribution in [2.45, 2.75) is 67.2 Å². The van der Waals surface area contributed by atoms with Crippen LogP contribution in [0.4, 0.5) is 4.39 Å². The van der Waals surface area contributed by atoms with Crippen LogP contribution in [0.1, 0.15) is 77.3 Å². The maximum Gasteiger partial charge on any atom is 0.120 e. The van der Waals surface area contributed by atoms with Crippen LogP contribution in [0.2, 0.25) is 0 Å². The molecule has 5 nitrogen and oxygen atoms in total. The summed E-state index contributed by atoms with van der Waals surface area (Å²) < 4.78 is 43.1. The number of hydrogen-bond donors (Lipinski definition) is 0. The van der Waals surface area contributed by atoms with Gasteiger partial charge >= 0.3 is 0 Å². The van der Waals surface area contributed by atoms with Crippen LogP contribution in [0.5, 0.6) is 0 Å². The molecule has 8 aromatic rings. The number of halogens is 1. The average molecular weight is 868 g/mol. The second-order valence-corrected chi connectivity index (χ2v) is 13.5. The van der Waals surface area contributed by atoms with Crippen LogP contribution in [0.25, 0.3) is 61.3 Å². The van der Waals surface area contributed by atoms with E-state index in [1.54, 1.807) is 12.1 Å². The van der Waals surface area contributed by atoms with Gasteiger partial charge in [0.2, 0.25) is 0 Å². The minimum Gasteiger partial charge on any atom is -0.501 e. The third-order valence-corrected chi connectivity index (χ3v) is 9.40. The van der Waals surface area contributed by atoms with Crippen molar-refractivity contribution >= 4 is 33.0 Å².